The largest absolute Gasteiger partial charge is 0.466 e. The molecule has 1 aromatic carbocycles. The van der Waals surface area contributed by atoms with Gasteiger partial charge in [0.05, 0.1) is 13.0 Å². The predicted molar refractivity (Wildman–Crippen MR) is 119 cm³/mol. The molecule has 3 aromatic rings. The molecule has 1 fully saturated rings. The molecular formula is C25H29N3O4. The van der Waals surface area contributed by atoms with Gasteiger partial charge >= 0.3 is 11.9 Å². The molecule has 4 rings (SSSR count). The third-order valence-corrected chi connectivity index (χ3v) is 6.09. The van der Waals surface area contributed by atoms with E-state index in [0.29, 0.717) is 12.5 Å². The fraction of sp³-hybridized carbons (Fsp3) is 0.440. The lowest BCUT2D eigenvalue weighted by atomic mass is 9.85. The van der Waals surface area contributed by atoms with Crippen molar-refractivity contribution in [2.45, 2.75) is 65.4 Å². The summed E-state index contributed by atoms with van der Waals surface area (Å²) in [5, 5.41) is 8.87. The monoisotopic (exact) mass is 435 g/mol. The smallest absolute Gasteiger partial charge is 0.306 e. The van der Waals surface area contributed by atoms with Crippen molar-refractivity contribution in [3.05, 3.63) is 64.1 Å². The zero-order valence-corrected chi connectivity index (χ0v) is 19.1. The summed E-state index contributed by atoms with van der Waals surface area (Å²) in [5.74, 6) is 0.718. The number of hydrogen-bond acceptors (Lipinski definition) is 6. The second-order valence-electron chi connectivity index (χ2n) is 8.45. The van der Waals surface area contributed by atoms with Crippen molar-refractivity contribution in [3.63, 3.8) is 0 Å². The van der Waals surface area contributed by atoms with Gasteiger partial charge < -0.3 is 9.47 Å². The van der Waals surface area contributed by atoms with E-state index in [0.717, 1.165) is 52.1 Å². The molecule has 1 aliphatic rings. The summed E-state index contributed by atoms with van der Waals surface area (Å²) in [4.78, 5) is 23.8. The number of rotatable bonds is 8. The first-order valence-corrected chi connectivity index (χ1v) is 11.1. The Labute approximate surface area is 187 Å². The summed E-state index contributed by atoms with van der Waals surface area (Å²) in [6.45, 7) is 7.76. The molecule has 0 amide bonds. The van der Waals surface area contributed by atoms with Crippen LogP contribution < -0.4 is 0 Å². The second-order valence-corrected chi connectivity index (χ2v) is 8.45. The molecule has 0 spiro atoms. The van der Waals surface area contributed by atoms with Gasteiger partial charge in [-0.25, -0.2) is 0 Å². The number of aromatic nitrogens is 3. The number of hydrogen-bond donors (Lipinski definition) is 0. The minimum atomic E-state index is -0.322. The van der Waals surface area contributed by atoms with Crippen molar-refractivity contribution in [3.8, 4) is 0 Å². The van der Waals surface area contributed by atoms with Crippen molar-refractivity contribution in [1.29, 1.82) is 0 Å². The first kappa shape index (κ1) is 22.0. The maximum absolute atomic E-state index is 12.5. The van der Waals surface area contributed by atoms with Gasteiger partial charge in [-0.1, -0.05) is 18.2 Å². The molecule has 1 atom stereocenters. The lowest BCUT2D eigenvalue weighted by Crippen LogP contribution is -2.14. The number of carbonyl (C=O) groups is 2. The molecule has 7 heteroatoms. The molecule has 168 valence electrons. The van der Waals surface area contributed by atoms with Crippen LogP contribution in [0.2, 0.25) is 0 Å². The Kier molecular flexibility index (Phi) is 6.26. The van der Waals surface area contributed by atoms with Crippen LogP contribution in [0.5, 0.6) is 0 Å². The third kappa shape index (κ3) is 4.52. The van der Waals surface area contributed by atoms with E-state index in [1.54, 1.807) is 0 Å². The number of nitrogens with zero attached hydrogens (tertiary/aromatic N) is 3. The fourth-order valence-electron chi connectivity index (χ4n) is 4.15. The molecule has 1 unspecified atom stereocenters. The molecule has 32 heavy (non-hydrogen) atoms. The van der Waals surface area contributed by atoms with Gasteiger partial charge in [-0.15, -0.1) is 10.2 Å². The molecule has 0 bridgehead atoms. The van der Waals surface area contributed by atoms with Crippen LogP contribution in [0.15, 0.2) is 30.5 Å². The lowest BCUT2D eigenvalue weighted by molar-refractivity contribution is -0.143. The topological polar surface area (TPSA) is 82.8 Å². The van der Waals surface area contributed by atoms with E-state index in [9.17, 15) is 9.59 Å². The highest BCUT2D eigenvalue weighted by atomic mass is 16.5. The average Bonchev–Trinajstić information content (AvgIpc) is 3.51. The SMILES string of the molecule is CCOC(=O)CC(c1ccc(C)c(COC(C)=O)c1)c1ccn2c(C3CC3)nnc2c1C. The number of fused-ring (bicyclic) bond motifs is 1. The maximum Gasteiger partial charge on any atom is 0.306 e. The van der Waals surface area contributed by atoms with Crippen LogP contribution in [0.1, 0.15) is 78.6 Å². The number of pyridine rings is 1. The maximum atomic E-state index is 12.5. The van der Waals surface area contributed by atoms with Crippen LogP contribution >= 0.6 is 0 Å². The molecule has 0 aliphatic heterocycles. The van der Waals surface area contributed by atoms with Crippen LogP contribution in [0.25, 0.3) is 5.65 Å². The lowest BCUT2D eigenvalue weighted by Gasteiger charge is -2.21. The first-order chi connectivity index (χ1) is 15.4. The van der Waals surface area contributed by atoms with Gasteiger partial charge in [0.1, 0.15) is 12.4 Å². The Balaban J connectivity index is 1.76. The quantitative estimate of drug-likeness (QED) is 0.489. The zero-order chi connectivity index (χ0) is 22.8. The van der Waals surface area contributed by atoms with Crippen molar-refractivity contribution < 1.29 is 19.1 Å². The molecule has 0 saturated heterocycles. The van der Waals surface area contributed by atoms with Gasteiger partial charge in [-0.2, -0.15) is 0 Å². The summed E-state index contributed by atoms with van der Waals surface area (Å²) >= 11 is 0. The zero-order valence-electron chi connectivity index (χ0n) is 19.1. The average molecular weight is 436 g/mol. The number of carbonyl (C=O) groups excluding carboxylic acids is 2. The molecule has 1 saturated carbocycles. The number of ether oxygens (including phenoxy) is 2. The standard InChI is InChI=1S/C25H29N3O4/c1-5-31-23(30)13-22(19-7-6-15(2)20(12-19)14-32-17(4)29)21-10-11-28-24(16(21)3)26-27-25(28)18-8-9-18/h6-7,10-12,18,22H,5,8-9,13-14H2,1-4H3. The summed E-state index contributed by atoms with van der Waals surface area (Å²) in [5.41, 5.74) is 5.77. The Morgan fingerprint density at radius 1 is 1.16 bits per heavy atom. The highest BCUT2D eigenvalue weighted by Gasteiger charge is 2.30. The van der Waals surface area contributed by atoms with Gasteiger partial charge in [0, 0.05) is 25.0 Å². The van der Waals surface area contributed by atoms with E-state index >= 15 is 0 Å². The van der Waals surface area contributed by atoms with Crippen molar-refractivity contribution in [2.75, 3.05) is 6.61 Å². The Hall–Kier alpha value is -3.22. The van der Waals surface area contributed by atoms with Gasteiger partial charge in [0.2, 0.25) is 0 Å². The third-order valence-electron chi connectivity index (χ3n) is 6.09. The van der Waals surface area contributed by atoms with Crippen molar-refractivity contribution >= 4 is 17.6 Å². The minimum Gasteiger partial charge on any atom is -0.466 e. The second kappa shape index (κ2) is 9.10. The highest BCUT2D eigenvalue weighted by molar-refractivity contribution is 5.72. The van der Waals surface area contributed by atoms with Crippen LogP contribution in [-0.4, -0.2) is 33.1 Å². The molecule has 2 aromatic heterocycles. The Morgan fingerprint density at radius 3 is 2.62 bits per heavy atom. The van der Waals surface area contributed by atoms with Crippen LogP contribution in [0.4, 0.5) is 0 Å². The summed E-state index contributed by atoms with van der Waals surface area (Å²) in [6, 6.07) is 8.11. The van der Waals surface area contributed by atoms with E-state index in [4.69, 9.17) is 9.47 Å². The van der Waals surface area contributed by atoms with Gasteiger partial charge in [0.15, 0.2) is 5.65 Å². The molecule has 7 nitrogen and oxygen atoms in total. The van der Waals surface area contributed by atoms with Crippen LogP contribution in [0.3, 0.4) is 0 Å². The molecule has 1 aliphatic carbocycles. The van der Waals surface area contributed by atoms with E-state index in [1.807, 2.05) is 45.2 Å². The van der Waals surface area contributed by atoms with Crippen LogP contribution in [0, 0.1) is 13.8 Å². The number of aryl methyl sites for hydroxylation is 2. The van der Waals surface area contributed by atoms with E-state index in [1.165, 1.54) is 6.92 Å². The van der Waals surface area contributed by atoms with Crippen LogP contribution in [-0.2, 0) is 25.7 Å². The molecule has 2 heterocycles. The minimum absolute atomic E-state index is 0.202. The van der Waals surface area contributed by atoms with Crippen molar-refractivity contribution in [2.24, 2.45) is 0 Å². The first-order valence-electron chi connectivity index (χ1n) is 11.1. The number of benzene rings is 1. The van der Waals surface area contributed by atoms with E-state index in [2.05, 4.69) is 20.7 Å². The number of esters is 2. The predicted octanol–water partition coefficient (Wildman–Crippen LogP) is 4.37. The summed E-state index contributed by atoms with van der Waals surface area (Å²) < 4.78 is 12.6. The Bertz CT molecular complexity index is 1160. The fourth-order valence-corrected chi connectivity index (χ4v) is 4.15. The van der Waals surface area contributed by atoms with Gasteiger partial charge in [-0.05, 0) is 67.5 Å². The molecule has 0 N–H and O–H groups in total. The van der Waals surface area contributed by atoms with Crippen molar-refractivity contribution in [1.82, 2.24) is 14.6 Å². The van der Waals surface area contributed by atoms with E-state index in [-0.39, 0.29) is 30.9 Å². The normalized spacial score (nSPS) is 14.4. The summed E-state index contributed by atoms with van der Waals surface area (Å²) in [6.07, 6.45) is 4.53. The van der Waals surface area contributed by atoms with Gasteiger partial charge in [-0.3, -0.25) is 14.0 Å². The Morgan fingerprint density at radius 2 is 1.94 bits per heavy atom. The highest BCUT2D eigenvalue weighted by Crippen LogP contribution is 2.40. The summed E-state index contributed by atoms with van der Waals surface area (Å²) in [7, 11) is 0. The molecule has 0 radical (unpaired) electrons. The van der Waals surface area contributed by atoms with E-state index < -0.39 is 0 Å². The molecular weight excluding hydrogens is 406 g/mol. The van der Waals surface area contributed by atoms with Gasteiger partial charge in [0.25, 0.3) is 0 Å².